The van der Waals surface area contributed by atoms with Crippen molar-refractivity contribution >= 4 is 11.8 Å². The van der Waals surface area contributed by atoms with E-state index in [0.29, 0.717) is 25.7 Å². The van der Waals surface area contributed by atoms with Gasteiger partial charge in [0.2, 0.25) is 0 Å². The lowest BCUT2D eigenvalue weighted by Crippen LogP contribution is -2.51. The molecule has 3 fully saturated rings. The maximum Gasteiger partial charge on any atom is 0.306 e. The van der Waals surface area contributed by atoms with Gasteiger partial charge in [-0.3, -0.25) is 9.59 Å². The highest BCUT2D eigenvalue weighted by molar-refractivity contribution is 6.01. The van der Waals surface area contributed by atoms with E-state index in [2.05, 4.69) is 6.92 Å². The maximum atomic E-state index is 13.6. The van der Waals surface area contributed by atoms with Crippen LogP contribution in [0.5, 0.6) is 0 Å². The van der Waals surface area contributed by atoms with E-state index in [0.717, 1.165) is 12.0 Å². The molecule has 6 atom stereocenters. The molecule has 4 rings (SSSR count). The molecule has 0 amide bonds. The largest absolute Gasteiger partial charge is 0.462 e. The first kappa shape index (κ1) is 9.58. The third-order valence-electron chi connectivity index (χ3n) is 8.32. The van der Waals surface area contributed by atoms with Crippen molar-refractivity contribution < 1.29 is 43.1 Å². The smallest absolute Gasteiger partial charge is 0.306 e. The summed E-state index contributed by atoms with van der Waals surface area (Å²) in [7, 11) is 0. The molecule has 3 saturated carbocycles. The molecule has 4 aliphatic rings. The number of hydrogen-bond acceptors (Lipinski definition) is 3. The Balaban J connectivity index is 1.62. The zero-order chi connectivity index (χ0) is 42.1. The highest BCUT2D eigenvalue weighted by Crippen LogP contribution is 2.64. The molecule has 0 aliphatic heterocycles. The Hall–Kier alpha value is -1.38. The summed E-state index contributed by atoms with van der Waals surface area (Å²) in [5, 5.41) is 0. The summed E-state index contributed by atoms with van der Waals surface area (Å²) in [5.41, 5.74) is -0.0273. The van der Waals surface area contributed by atoms with Crippen molar-refractivity contribution in [2.24, 2.45) is 28.6 Å². The van der Waals surface area contributed by atoms with Crippen LogP contribution in [-0.4, -0.2) is 17.9 Å². The summed E-state index contributed by atoms with van der Waals surface area (Å²) in [6.45, 7) is -0.00912. The number of ether oxygens (including phenoxy) is 1. The van der Waals surface area contributed by atoms with Gasteiger partial charge in [-0.1, -0.05) is 77.0 Å². The number of carbonyl (C=O) groups is 2. The van der Waals surface area contributed by atoms with E-state index in [9.17, 15) is 9.59 Å². The Labute approximate surface area is 231 Å². The van der Waals surface area contributed by atoms with Crippen LogP contribution in [0.4, 0.5) is 0 Å². The van der Waals surface area contributed by atoms with Gasteiger partial charge in [0.25, 0.3) is 0 Å². The summed E-state index contributed by atoms with van der Waals surface area (Å²) in [6, 6.07) is 0. The lowest BCUT2D eigenvalue weighted by Gasteiger charge is -2.56. The second-order valence-corrected chi connectivity index (χ2v) is 9.74. The number of rotatable bonds is 10. The third-order valence-corrected chi connectivity index (χ3v) is 8.32. The molecule has 184 valence electrons. The van der Waals surface area contributed by atoms with E-state index in [1.807, 2.05) is 13.0 Å². The number of hydrogen-bond donors (Lipinski definition) is 0. The molecule has 3 heteroatoms. The molecular formula is C30H46O3. The minimum atomic E-state index is -4.71. The Bertz CT molecular complexity index is 1590. The Morgan fingerprint density at radius 3 is 2.61 bits per heavy atom. The van der Waals surface area contributed by atoms with Crippen molar-refractivity contribution in [2.45, 2.75) is 123 Å². The van der Waals surface area contributed by atoms with Gasteiger partial charge in [0, 0.05) is 46.0 Å². The monoisotopic (exact) mass is 475 g/mol. The summed E-state index contributed by atoms with van der Waals surface area (Å²) in [6.07, 6.45) is -32.9. The fourth-order valence-corrected chi connectivity index (χ4v) is 6.77. The minimum Gasteiger partial charge on any atom is -0.462 e. The van der Waals surface area contributed by atoms with Crippen LogP contribution >= 0.6 is 0 Å². The average molecular weight is 476 g/mol. The molecule has 0 unspecified atom stereocenters. The number of esters is 1. The van der Waals surface area contributed by atoms with E-state index in [-0.39, 0.29) is 35.4 Å². The quantitative estimate of drug-likeness (QED) is 0.303. The number of carbonyl (C=O) groups excluding carboxylic acids is 2. The van der Waals surface area contributed by atoms with Crippen LogP contribution in [-0.2, 0) is 14.3 Å². The summed E-state index contributed by atoms with van der Waals surface area (Å²) in [4.78, 5) is 25.7. The molecule has 0 bridgehead atoms. The molecule has 0 spiro atoms. The summed E-state index contributed by atoms with van der Waals surface area (Å²) >= 11 is 0. The normalized spacial score (nSPS) is 50.9. The molecule has 0 aromatic carbocycles. The lowest BCUT2D eigenvalue weighted by atomic mass is 9.48. The predicted octanol–water partition coefficient (Wildman–Crippen LogP) is 7.74. The molecule has 3 nitrogen and oxygen atoms in total. The van der Waals surface area contributed by atoms with Crippen molar-refractivity contribution in [1.29, 1.82) is 0 Å². The van der Waals surface area contributed by atoms with Crippen LogP contribution in [0.15, 0.2) is 23.8 Å². The molecule has 33 heavy (non-hydrogen) atoms. The number of ketones is 1. The average Bonchev–Trinajstić information content (AvgIpc) is 3.35. The zero-order valence-electron chi connectivity index (χ0n) is 40.0. The summed E-state index contributed by atoms with van der Waals surface area (Å²) < 4.78 is 176. The van der Waals surface area contributed by atoms with Gasteiger partial charge in [-0.05, 0) is 74.8 Å². The maximum absolute atomic E-state index is 13.6. The van der Waals surface area contributed by atoms with Gasteiger partial charge in [-0.25, -0.2) is 0 Å². The van der Waals surface area contributed by atoms with Gasteiger partial charge < -0.3 is 4.74 Å². The van der Waals surface area contributed by atoms with Gasteiger partial charge in [0.15, 0.2) is 5.78 Å². The molecule has 0 saturated heterocycles. The molecular weight excluding hydrogens is 408 g/mol. The number of fused-ring (bicyclic) bond motifs is 5. The van der Waals surface area contributed by atoms with Gasteiger partial charge >= 0.3 is 5.97 Å². The standard InChI is InChI=1S/C30H46O3/c1-4-5-6-7-8-9-10-11-12-28(32)33-27-16-15-25-24-14-13-22-21-23(31)17-19-29(22,2)26(24)18-20-30(25,27)3/h17,19,21,24-27H,4-16,18,20H2,1-3H3/t24-,25-,26-,27-,29-,30-/m0/s1/i1D3,4D2,5D2,6D2,7D2,8D2,9D2,10D2,11D2,12D2. The summed E-state index contributed by atoms with van der Waals surface area (Å²) in [5.74, 6) is -1.75. The van der Waals surface area contributed by atoms with Crippen LogP contribution in [0.3, 0.4) is 0 Å². The zero-order valence-corrected chi connectivity index (χ0v) is 19.0. The first-order valence-corrected chi connectivity index (χ1v) is 11.5. The molecule has 0 radical (unpaired) electrons. The first-order valence-electron chi connectivity index (χ1n) is 22.0. The SMILES string of the molecule is [2H]C([2H])([2H])C([2H])([2H])C([2H])([2H])C([2H])([2H])C([2H])([2H])C([2H])([2H])C([2H])([2H])C([2H])([2H])C([2H])([2H])C([2H])([2H])C(=O)O[C@H]1CC[C@H]2[C@@H]3CCC4=CC(=O)C=C[C@]4(C)[C@H]3CC[C@]12C. The predicted molar refractivity (Wildman–Crippen MR) is 134 cm³/mol. The Morgan fingerprint density at radius 2 is 1.82 bits per heavy atom. The van der Waals surface area contributed by atoms with Crippen LogP contribution in [0.2, 0.25) is 0 Å². The fourth-order valence-electron chi connectivity index (χ4n) is 6.77. The third kappa shape index (κ3) is 5.03. The highest BCUT2D eigenvalue weighted by atomic mass is 16.5. The Morgan fingerprint density at radius 1 is 1.06 bits per heavy atom. The van der Waals surface area contributed by atoms with Crippen molar-refractivity contribution in [1.82, 2.24) is 0 Å². The lowest BCUT2D eigenvalue weighted by molar-refractivity contribution is -0.159. The number of allylic oxidation sites excluding steroid dienone is 4. The molecule has 4 aliphatic carbocycles. The van der Waals surface area contributed by atoms with Gasteiger partial charge in [-0.15, -0.1) is 0 Å². The molecule has 0 heterocycles. The van der Waals surface area contributed by atoms with Crippen LogP contribution in [0.1, 0.15) is 145 Å². The molecule has 0 aromatic heterocycles. The van der Waals surface area contributed by atoms with Gasteiger partial charge in [-0.2, -0.15) is 0 Å². The van der Waals surface area contributed by atoms with Crippen molar-refractivity contribution in [3.63, 3.8) is 0 Å². The second kappa shape index (κ2) is 10.5. The van der Waals surface area contributed by atoms with Crippen molar-refractivity contribution in [3.8, 4) is 0 Å². The molecule has 0 aromatic rings. The molecule has 0 N–H and O–H groups in total. The van der Waals surface area contributed by atoms with E-state index in [1.54, 1.807) is 12.2 Å². The topological polar surface area (TPSA) is 43.4 Å². The van der Waals surface area contributed by atoms with Gasteiger partial charge in [0.05, 0.1) is 0 Å². The first-order chi connectivity index (χ1) is 23.8. The van der Waals surface area contributed by atoms with E-state index in [1.165, 1.54) is 0 Å². The Kier molecular flexibility index (Phi) is 3.04. The second-order valence-electron chi connectivity index (χ2n) is 9.74. The van der Waals surface area contributed by atoms with Crippen LogP contribution in [0.25, 0.3) is 0 Å². The van der Waals surface area contributed by atoms with Crippen molar-refractivity contribution in [2.75, 3.05) is 0 Å². The van der Waals surface area contributed by atoms with E-state index < -0.39 is 81.7 Å². The fraction of sp³-hybridized carbons (Fsp3) is 0.800. The van der Waals surface area contributed by atoms with E-state index in [4.69, 9.17) is 33.5 Å². The van der Waals surface area contributed by atoms with Crippen LogP contribution < -0.4 is 0 Å². The van der Waals surface area contributed by atoms with E-state index >= 15 is 0 Å². The van der Waals surface area contributed by atoms with Crippen molar-refractivity contribution in [3.05, 3.63) is 23.8 Å². The minimum absolute atomic E-state index is 0.0242. The van der Waals surface area contributed by atoms with Crippen LogP contribution in [0, 0.1) is 28.6 Å². The highest BCUT2D eigenvalue weighted by Gasteiger charge is 2.59. The van der Waals surface area contributed by atoms with Gasteiger partial charge in [0.1, 0.15) is 6.10 Å².